The number of alkyl halides is 1. The van der Waals surface area contributed by atoms with E-state index < -0.39 is 17.8 Å². The van der Waals surface area contributed by atoms with Gasteiger partial charge in [0.05, 0.1) is 0 Å². The summed E-state index contributed by atoms with van der Waals surface area (Å²) in [4.78, 5) is 0. The Morgan fingerprint density at radius 1 is 1.05 bits per heavy atom. The highest BCUT2D eigenvalue weighted by Crippen LogP contribution is 2.36. The number of fused-ring (bicyclic) bond motifs is 1. The standard InChI is InChI=1S/C15H12F3N/c16-11-6-10(7-12(17)8-11)14(18)13-3-1-2-9-4-5-19-15(9)13/h1-3,6-8,14,19H,4-5H2. The molecule has 0 fully saturated rings. The third-order valence-electron chi connectivity index (χ3n) is 3.33. The molecule has 2 aromatic rings. The molecule has 1 aliphatic rings. The molecule has 1 N–H and O–H groups in total. The van der Waals surface area contributed by atoms with Crippen LogP contribution < -0.4 is 5.32 Å². The van der Waals surface area contributed by atoms with Crippen molar-refractivity contribution in [3.05, 3.63) is 64.7 Å². The van der Waals surface area contributed by atoms with Crippen molar-refractivity contribution < 1.29 is 13.2 Å². The summed E-state index contributed by atoms with van der Waals surface area (Å²) >= 11 is 0. The number of hydrogen-bond donors (Lipinski definition) is 1. The Hall–Kier alpha value is -1.97. The Balaban J connectivity index is 2.04. The van der Waals surface area contributed by atoms with Crippen molar-refractivity contribution in [2.24, 2.45) is 0 Å². The molecule has 98 valence electrons. The topological polar surface area (TPSA) is 12.0 Å². The fraction of sp³-hybridized carbons (Fsp3) is 0.200. The number of halogens is 3. The van der Waals surface area contributed by atoms with E-state index in [-0.39, 0.29) is 5.56 Å². The highest BCUT2D eigenvalue weighted by Gasteiger charge is 2.22. The quantitative estimate of drug-likeness (QED) is 0.863. The van der Waals surface area contributed by atoms with Gasteiger partial charge in [-0.2, -0.15) is 0 Å². The molecule has 1 aliphatic heterocycles. The van der Waals surface area contributed by atoms with E-state index in [9.17, 15) is 13.2 Å². The van der Waals surface area contributed by atoms with Crippen LogP contribution >= 0.6 is 0 Å². The Labute approximate surface area is 109 Å². The van der Waals surface area contributed by atoms with Gasteiger partial charge in [0.1, 0.15) is 11.6 Å². The average molecular weight is 263 g/mol. The molecule has 0 bridgehead atoms. The molecule has 1 atom stereocenters. The van der Waals surface area contributed by atoms with Crippen LogP contribution in [0, 0.1) is 11.6 Å². The van der Waals surface area contributed by atoms with Crippen LogP contribution in [0.4, 0.5) is 18.9 Å². The Kier molecular flexibility index (Phi) is 2.93. The van der Waals surface area contributed by atoms with Gasteiger partial charge in [-0.05, 0) is 29.7 Å². The molecule has 0 aliphatic carbocycles. The fourth-order valence-electron chi connectivity index (χ4n) is 2.48. The van der Waals surface area contributed by atoms with Crippen molar-refractivity contribution in [3.63, 3.8) is 0 Å². The molecule has 4 heteroatoms. The second-order valence-electron chi connectivity index (χ2n) is 4.62. The number of rotatable bonds is 2. The molecule has 1 heterocycles. The number of para-hydroxylation sites is 1. The molecule has 1 nitrogen and oxygen atoms in total. The van der Waals surface area contributed by atoms with E-state index in [1.807, 2.05) is 6.07 Å². The van der Waals surface area contributed by atoms with E-state index in [1.54, 1.807) is 12.1 Å². The molecule has 2 aromatic carbocycles. The summed E-state index contributed by atoms with van der Waals surface area (Å²) in [6.45, 7) is 0.760. The highest BCUT2D eigenvalue weighted by atomic mass is 19.1. The number of benzene rings is 2. The first-order valence-electron chi connectivity index (χ1n) is 6.11. The van der Waals surface area contributed by atoms with E-state index in [2.05, 4.69) is 5.32 Å². The minimum Gasteiger partial charge on any atom is -0.384 e. The molecule has 0 aromatic heterocycles. The average Bonchev–Trinajstić information content (AvgIpc) is 2.84. The number of hydrogen-bond acceptors (Lipinski definition) is 1. The molecular formula is C15H12F3N. The van der Waals surface area contributed by atoms with Crippen molar-refractivity contribution in [2.75, 3.05) is 11.9 Å². The molecule has 0 saturated carbocycles. The Bertz CT molecular complexity index is 605. The lowest BCUT2D eigenvalue weighted by molar-refractivity contribution is 0.399. The largest absolute Gasteiger partial charge is 0.384 e. The zero-order valence-corrected chi connectivity index (χ0v) is 10.1. The zero-order chi connectivity index (χ0) is 13.4. The molecule has 1 unspecified atom stereocenters. The first kappa shape index (κ1) is 12.1. The lowest BCUT2D eigenvalue weighted by Gasteiger charge is -2.14. The monoisotopic (exact) mass is 263 g/mol. The maximum atomic E-state index is 14.5. The summed E-state index contributed by atoms with van der Waals surface area (Å²) in [5, 5.41) is 3.12. The van der Waals surface area contributed by atoms with E-state index in [1.165, 1.54) is 0 Å². The maximum Gasteiger partial charge on any atom is 0.152 e. The Morgan fingerprint density at radius 3 is 2.53 bits per heavy atom. The summed E-state index contributed by atoms with van der Waals surface area (Å²) in [5.74, 6) is -1.53. The first-order valence-corrected chi connectivity index (χ1v) is 6.11. The summed E-state index contributed by atoms with van der Waals surface area (Å²) in [6.07, 6.45) is -0.696. The summed E-state index contributed by atoms with van der Waals surface area (Å²) in [5.41, 5.74) is 2.22. The molecule has 0 radical (unpaired) electrons. The van der Waals surface area contributed by atoms with Gasteiger partial charge in [-0.25, -0.2) is 13.2 Å². The molecule has 0 saturated heterocycles. The van der Waals surface area contributed by atoms with E-state index in [0.717, 1.165) is 42.4 Å². The molecule has 19 heavy (non-hydrogen) atoms. The van der Waals surface area contributed by atoms with Crippen molar-refractivity contribution >= 4 is 5.69 Å². The van der Waals surface area contributed by atoms with Gasteiger partial charge in [0.25, 0.3) is 0 Å². The molecule has 3 rings (SSSR count). The van der Waals surface area contributed by atoms with Gasteiger partial charge in [-0.15, -0.1) is 0 Å². The lowest BCUT2D eigenvalue weighted by Crippen LogP contribution is -2.01. The van der Waals surface area contributed by atoms with Crippen molar-refractivity contribution in [2.45, 2.75) is 12.6 Å². The molecule has 0 spiro atoms. The van der Waals surface area contributed by atoms with E-state index in [0.29, 0.717) is 5.56 Å². The molecular weight excluding hydrogens is 251 g/mol. The SMILES string of the molecule is Fc1cc(F)cc(C(F)c2cccc3c2NCC3)c1. The van der Waals surface area contributed by atoms with Crippen LogP contribution in [0.2, 0.25) is 0 Å². The fourth-order valence-corrected chi connectivity index (χ4v) is 2.48. The van der Waals surface area contributed by atoms with Crippen LogP contribution in [0.5, 0.6) is 0 Å². The zero-order valence-electron chi connectivity index (χ0n) is 10.1. The summed E-state index contributed by atoms with van der Waals surface area (Å²) in [6, 6.07) is 8.14. The van der Waals surface area contributed by atoms with Crippen molar-refractivity contribution in [1.29, 1.82) is 0 Å². The van der Waals surface area contributed by atoms with Gasteiger partial charge in [-0.3, -0.25) is 0 Å². The second kappa shape index (κ2) is 4.61. The van der Waals surface area contributed by atoms with E-state index >= 15 is 0 Å². The van der Waals surface area contributed by atoms with Gasteiger partial charge in [0, 0.05) is 23.9 Å². The first-order chi connectivity index (χ1) is 9.15. The van der Waals surface area contributed by atoms with Crippen LogP contribution in [-0.4, -0.2) is 6.54 Å². The molecule has 0 amide bonds. The van der Waals surface area contributed by atoms with Crippen LogP contribution in [0.1, 0.15) is 22.9 Å². The third-order valence-corrected chi connectivity index (χ3v) is 3.33. The minimum atomic E-state index is -1.54. The Morgan fingerprint density at radius 2 is 1.79 bits per heavy atom. The van der Waals surface area contributed by atoms with Gasteiger partial charge in [0.2, 0.25) is 0 Å². The predicted molar refractivity (Wildman–Crippen MR) is 67.9 cm³/mol. The lowest BCUT2D eigenvalue weighted by atomic mass is 9.98. The van der Waals surface area contributed by atoms with Gasteiger partial charge in [-0.1, -0.05) is 18.2 Å². The smallest absolute Gasteiger partial charge is 0.152 e. The summed E-state index contributed by atoms with van der Waals surface area (Å²) < 4.78 is 40.8. The van der Waals surface area contributed by atoms with Gasteiger partial charge in [0.15, 0.2) is 6.17 Å². The minimum absolute atomic E-state index is 0.000370. The third kappa shape index (κ3) is 2.18. The second-order valence-corrected chi connectivity index (χ2v) is 4.62. The van der Waals surface area contributed by atoms with Crippen LogP contribution in [-0.2, 0) is 6.42 Å². The summed E-state index contributed by atoms with van der Waals surface area (Å²) in [7, 11) is 0. The highest BCUT2D eigenvalue weighted by molar-refractivity contribution is 5.63. The van der Waals surface area contributed by atoms with E-state index in [4.69, 9.17) is 0 Å². The number of nitrogens with one attached hydrogen (secondary N) is 1. The maximum absolute atomic E-state index is 14.5. The number of anilines is 1. The predicted octanol–water partition coefficient (Wildman–Crippen LogP) is 3.99. The van der Waals surface area contributed by atoms with Crippen LogP contribution in [0.3, 0.4) is 0 Å². The van der Waals surface area contributed by atoms with Crippen LogP contribution in [0.15, 0.2) is 36.4 Å². The normalized spacial score (nSPS) is 14.9. The van der Waals surface area contributed by atoms with Crippen molar-refractivity contribution in [1.82, 2.24) is 0 Å². The van der Waals surface area contributed by atoms with Gasteiger partial charge >= 0.3 is 0 Å². The van der Waals surface area contributed by atoms with Crippen LogP contribution in [0.25, 0.3) is 0 Å². The van der Waals surface area contributed by atoms with Crippen molar-refractivity contribution in [3.8, 4) is 0 Å². The van der Waals surface area contributed by atoms with Gasteiger partial charge < -0.3 is 5.32 Å².